The predicted octanol–water partition coefficient (Wildman–Crippen LogP) is 9.07. The molecule has 190 valence electrons. The van der Waals surface area contributed by atoms with Gasteiger partial charge in [-0.05, 0) is 67.8 Å². The largest absolute Gasteiger partial charge is 0.462 e. The van der Waals surface area contributed by atoms with Crippen LogP contribution in [0.4, 0.5) is 5.00 Å². The lowest BCUT2D eigenvalue weighted by atomic mass is 10.1. The number of ether oxygens (including phenoxy) is 1. The van der Waals surface area contributed by atoms with Crippen LogP contribution in [0.5, 0.6) is 0 Å². The van der Waals surface area contributed by atoms with Crippen LogP contribution in [0.2, 0.25) is 5.02 Å². The summed E-state index contributed by atoms with van der Waals surface area (Å²) in [6.07, 6.45) is 1.86. The molecule has 0 atom stereocenters. The Morgan fingerprint density at radius 1 is 0.947 bits per heavy atom. The number of carbonyl (C=O) groups excluding carboxylic acids is 1. The lowest BCUT2D eigenvalue weighted by Gasteiger charge is -2.15. The Kier molecular flexibility index (Phi) is 7.59. The average Bonchev–Trinajstić information content (AvgIpc) is 3.46. The van der Waals surface area contributed by atoms with Gasteiger partial charge < -0.3 is 9.30 Å². The van der Waals surface area contributed by atoms with Gasteiger partial charge in [0, 0.05) is 27.4 Å². The van der Waals surface area contributed by atoms with Crippen LogP contribution in [0.1, 0.15) is 33.3 Å². The number of rotatable bonds is 7. The van der Waals surface area contributed by atoms with Gasteiger partial charge in [0.05, 0.1) is 23.6 Å². The van der Waals surface area contributed by atoms with E-state index in [0.717, 1.165) is 44.2 Å². The zero-order chi connectivity index (χ0) is 26.6. The van der Waals surface area contributed by atoms with Crippen molar-refractivity contribution in [1.29, 1.82) is 0 Å². The fourth-order valence-electron chi connectivity index (χ4n) is 4.47. The Morgan fingerprint density at radius 3 is 2.21 bits per heavy atom. The van der Waals surface area contributed by atoms with Crippen molar-refractivity contribution in [2.24, 2.45) is 4.99 Å². The molecule has 0 bridgehead atoms. The van der Waals surface area contributed by atoms with Crippen molar-refractivity contribution in [3.63, 3.8) is 0 Å². The Bertz CT molecular complexity index is 1600. The van der Waals surface area contributed by atoms with E-state index in [1.165, 1.54) is 11.3 Å². The number of aryl methyl sites for hydroxylation is 1. The molecule has 0 spiro atoms. The summed E-state index contributed by atoms with van der Waals surface area (Å²) in [5.41, 5.74) is 7.52. The van der Waals surface area contributed by atoms with E-state index >= 15 is 0 Å². The standard InChI is InChI=1S/C32H27ClN2O2S/c1-4-37-32(36)29-21(2)22(3)38-31(29)34-20-25-19-28(23-11-7-5-8-12-23)35(27-17-15-26(33)16-18-27)30(25)24-13-9-6-10-14-24/h5-20H,4H2,1-3H3. The minimum atomic E-state index is -0.339. The van der Waals surface area contributed by atoms with Crippen molar-refractivity contribution in [3.8, 4) is 28.2 Å². The molecule has 0 aliphatic heterocycles. The molecule has 0 amide bonds. The Morgan fingerprint density at radius 2 is 1.58 bits per heavy atom. The smallest absolute Gasteiger partial charge is 0.341 e. The minimum absolute atomic E-state index is 0.318. The summed E-state index contributed by atoms with van der Waals surface area (Å²) in [4.78, 5) is 18.7. The fraction of sp³-hybridized carbons (Fsp3) is 0.125. The highest BCUT2D eigenvalue weighted by atomic mass is 35.5. The molecule has 38 heavy (non-hydrogen) atoms. The molecule has 6 heteroatoms. The Balaban J connectivity index is 1.75. The molecule has 0 fully saturated rings. The van der Waals surface area contributed by atoms with Crippen molar-refractivity contribution in [2.75, 3.05) is 6.61 Å². The van der Waals surface area contributed by atoms with Gasteiger partial charge in [-0.2, -0.15) is 0 Å². The second-order valence-electron chi connectivity index (χ2n) is 8.82. The van der Waals surface area contributed by atoms with E-state index in [1.54, 1.807) is 0 Å². The predicted molar refractivity (Wildman–Crippen MR) is 159 cm³/mol. The number of carbonyl (C=O) groups is 1. The van der Waals surface area contributed by atoms with Crippen LogP contribution < -0.4 is 0 Å². The molecular formula is C32H27ClN2O2S. The number of nitrogens with zero attached hydrogens (tertiary/aromatic N) is 2. The molecule has 5 aromatic rings. The molecule has 3 aromatic carbocycles. The fourth-order valence-corrected chi connectivity index (χ4v) is 5.59. The molecule has 0 saturated heterocycles. The van der Waals surface area contributed by atoms with Gasteiger partial charge in [-0.15, -0.1) is 11.3 Å². The number of aliphatic imine (C=N–C) groups is 1. The normalized spacial score (nSPS) is 11.3. The zero-order valence-corrected chi connectivity index (χ0v) is 23.0. The summed E-state index contributed by atoms with van der Waals surface area (Å²) in [6.45, 7) is 6.07. The summed E-state index contributed by atoms with van der Waals surface area (Å²) in [5, 5.41) is 1.33. The van der Waals surface area contributed by atoms with Gasteiger partial charge in [0.1, 0.15) is 5.00 Å². The lowest BCUT2D eigenvalue weighted by molar-refractivity contribution is 0.0527. The molecule has 5 rings (SSSR count). The van der Waals surface area contributed by atoms with Crippen LogP contribution in [-0.2, 0) is 4.74 Å². The number of aromatic nitrogens is 1. The first kappa shape index (κ1) is 25.7. The maximum absolute atomic E-state index is 12.8. The van der Waals surface area contributed by atoms with Gasteiger partial charge in [0.2, 0.25) is 0 Å². The second-order valence-corrected chi connectivity index (χ2v) is 10.5. The van der Waals surface area contributed by atoms with Gasteiger partial charge in [-0.25, -0.2) is 9.79 Å². The minimum Gasteiger partial charge on any atom is -0.462 e. The molecule has 0 unspecified atom stereocenters. The highest BCUT2D eigenvalue weighted by molar-refractivity contribution is 7.16. The third-order valence-electron chi connectivity index (χ3n) is 6.40. The van der Waals surface area contributed by atoms with Crippen LogP contribution in [-0.4, -0.2) is 23.4 Å². The summed E-state index contributed by atoms with van der Waals surface area (Å²) < 4.78 is 7.57. The Labute approximate surface area is 231 Å². The van der Waals surface area contributed by atoms with E-state index in [1.807, 2.05) is 87.6 Å². The topological polar surface area (TPSA) is 43.6 Å². The third-order valence-corrected chi connectivity index (χ3v) is 7.77. The molecule has 2 aromatic heterocycles. The average molecular weight is 539 g/mol. The zero-order valence-electron chi connectivity index (χ0n) is 21.4. The van der Waals surface area contributed by atoms with E-state index in [0.29, 0.717) is 22.2 Å². The van der Waals surface area contributed by atoms with Gasteiger partial charge >= 0.3 is 5.97 Å². The SMILES string of the molecule is CCOC(=O)c1c(N=Cc2cc(-c3ccccc3)n(-c3ccc(Cl)cc3)c2-c2ccccc2)sc(C)c1C. The maximum atomic E-state index is 12.8. The van der Waals surface area contributed by atoms with E-state index in [-0.39, 0.29) is 5.97 Å². The monoisotopic (exact) mass is 538 g/mol. The van der Waals surface area contributed by atoms with Crippen molar-refractivity contribution >= 4 is 40.1 Å². The molecule has 0 aliphatic rings. The van der Waals surface area contributed by atoms with Crippen molar-refractivity contribution in [3.05, 3.63) is 118 Å². The van der Waals surface area contributed by atoms with Crippen molar-refractivity contribution in [1.82, 2.24) is 4.57 Å². The van der Waals surface area contributed by atoms with Gasteiger partial charge in [0.15, 0.2) is 0 Å². The quantitative estimate of drug-likeness (QED) is 0.153. The number of hydrogen-bond donors (Lipinski definition) is 0. The maximum Gasteiger partial charge on any atom is 0.341 e. The third kappa shape index (κ3) is 5.08. The summed E-state index contributed by atoms with van der Waals surface area (Å²) in [6, 6.07) is 30.5. The van der Waals surface area contributed by atoms with Gasteiger partial charge in [-0.1, -0.05) is 72.3 Å². The van der Waals surface area contributed by atoms with Crippen LogP contribution in [0.25, 0.3) is 28.2 Å². The van der Waals surface area contributed by atoms with Crippen LogP contribution in [0, 0.1) is 13.8 Å². The highest BCUT2D eigenvalue weighted by Crippen LogP contribution is 2.38. The van der Waals surface area contributed by atoms with Gasteiger partial charge in [0.25, 0.3) is 0 Å². The number of benzene rings is 3. The van der Waals surface area contributed by atoms with Crippen LogP contribution in [0.15, 0.2) is 96.0 Å². The molecule has 0 N–H and O–H groups in total. The first-order chi connectivity index (χ1) is 18.5. The van der Waals surface area contributed by atoms with E-state index in [4.69, 9.17) is 21.3 Å². The number of halogens is 1. The molecule has 4 nitrogen and oxygen atoms in total. The number of thiophene rings is 1. The van der Waals surface area contributed by atoms with Crippen molar-refractivity contribution < 1.29 is 9.53 Å². The highest BCUT2D eigenvalue weighted by Gasteiger charge is 2.22. The van der Waals surface area contributed by atoms with Crippen molar-refractivity contribution in [2.45, 2.75) is 20.8 Å². The molecule has 2 heterocycles. The second kappa shape index (κ2) is 11.2. The van der Waals surface area contributed by atoms with E-state index in [9.17, 15) is 4.79 Å². The first-order valence-electron chi connectivity index (χ1n) is 12.4. The van der Waals surface area contributed by atoms with E-state index in [2.05, 4.69) is 34.9 Å². The summed E-state index contributed by atoms with van der Waals surface area (Å²) >= 11 is 7.75. The van der Waals surface area contributed by atoms with Crippen LogP contribution >= 0.6 is 22.9 Å². The Hall–Kier alpha value is -3.93. The van der Waals surface area contributed by atoms with Gasteiger partial charge in [-0.3, -0.25) is 0 Å². The molecule has 0 saturated carbocycles. The summed E-state index contributed by atoms with van der Waals surface area (Å²) in [5.74, 6) is -0.339. The number of hydrogen-bond acceptors (Lipinski definition) is 4. The number of esters is 1. The molecule has 0 radical (unpaired) electrons. The molecular weight excluding hydrogens is 512 g/mol. The van der Waals surface area contributed by atoms with E-state index < -0.39 is 0 Å². The summed E-state index contributed by atoms with van der Waals surface area (Å²) in [7, 11) is 0. The molecule has 0 aliphatic carbocycles. The lowest BCUT2D eigenvalue weighted by Crippen LogP contribution is -2.05. The first-order valence-corrected chi connectivity index (χ1v) is 13.6. The van der Waals surface area contributed by atoms with Crippen LogP contribution in [0.3, 0.4) is 0 Å².